The molecule has 0 radical (unpaired) electrons. The molecule has 3 heterocycles. The van der Waals surface area contributed by atoms with Gasteiger partial charge in [-0.05, 0) is 37.4 Å². The van der Waals surface area contributed by atoms with E-state index in [1.54, 1.807) is 0 Å². The molecular formula is C15H22N2O. The van der Waals surface area contributed by atoms with Crippen LogP contribution in [0.4, 0.5) is 0 Å². The standard InChI is InChI=1S/C15H22N2O/c18-15(13-4-2-1-3-5-13)10-16-14-11-17-8-6-12(14)7-9-17/h1-5,12,14-16,18H,6-11H2. The van der Waals surface area contributed by atoms with Gasteiger partial charge in [0.05, 0.1) is 6.10 Å². The van der Waals surface area contributed by atoms with E-state index in [9.17, 15) is 5.11 Å². The minimum Gasteiger partial charge on any atom is -0.387 e. The summed E-state index contributed by atoms with van der Waals surface area (Å²) in [6, 6.07) is 10.5. The first-order valence-electron chi connectivity index (χ1n) is 7.01. The Hall–Kier alpha value is -0.900. The quantitative estimate of drug-likeness (QED) is 0.843. The van der Waals surface area contributed by atoms with Crippen molar-refractivity contribution in [2.75, 3.05) is 26.2 Å². The zero-order valence-electron chi connectivity index (χ0n) is 10.8. The molecule has 18 heavy (non-hydrogen) atoms. The van der Waals surface area contributed by atoms with Crippen molar-refractivity contribution in [3.05, 3.63) is 35.9 Å². The Morgan fingerprint density at radius 1 is 1.22 bits per heavy atom. The van der Waals surface area contributed by atoms with E-state index in [0.717, 1.165) is 18.0 Å². The molecule has 98 valence electrons. The molecule has 0 aliphatic carbocycles. The number of hydrogen-bond donors (Lipinski definition) is 2. The van der Waals surface area contributed by atoms with E-state index in [1.807, 2.05) is 30.3 Å². The van der Waals surface area contributed by atoms with E-state index in [1.165, 1.54) is 25.9 Å². The Balaban J connectivity index is 1.52. The Kier molecular flexibility index (Phi) is 3.64. The molecular weight excluding hydrogens is 224 g/mol. The number of nitrogens with zero attached hydrogens (tertiary/aromatic N) is 1. The summed E-state index contributed by atoms with van der Waals surface area (Å²) in [6.07, 6.45) is 2.25. The molecule has 2 atom stereocenters. The zero-order valence-corrected chi connectivity index (χ0v) is 10.8. The van der Waals surface area contributed by atoms with Gasteiger partial charge >= 0.3 is 0 Å². The van der Waals surface area contributed by atoms with Gasteiger partial charge in [-0.25, -0.2) is 0 Å². The predicted molar refractivity (Wildman–Crippen MR) is 72.4 cm³/mol. The molecule has 3 fully saturated rings. The van der Waals surface area contributed by atoms with Crippen molar-refractivity contribution in [2.45, 2.75) is 25.0 Å². The Morgan fingerprint density at radius 2 is 1.94 bits per heavy atom. The molecule has 1 aromatic rings. The third-order valence-corrected chi connectivity index (χ3v) is 4.41. The van der Waals surface area contributed by atoms with Crippen LogP contribution in [0.15, 0.2) is 30.3 Å². The molecule has 1 aromatic carbocycles. The van der Waals surface area contributed by atoms with Crippen LogP contribution in [0.25, 0.3) is 0 Å². The topological polar surface area (TPSA) is 35.5 Å². The summed E-state index contributed by atoms with van der Waals surface area (Å²) in [5, 5.41) is 13.7. The van der Waals surface area contributed by atoms with Gasteiger partial charge in [-0.2, -0.15) is 0 Å². The van der Waals surface area contributed by atoms with E-state index >= 15 is 0 Å². The highest BCUT2D eigenvalue weighted by molar-refractivity contribution is 5.17. The van der Waals surface area contributed by atoms with Crippen LogP contribution in [-0.2, 0) is 0 Å². The lowest BCUT2D eigenvalue weighted by Crippen LogP contribution is -2.56. The summed E-state index contributed by atoms with van der Waals surface area (Å²) in [4.78, 5) is 2.53. The van der Waals surface area contributed by atoms with E-state index in [0.29, 0.717) is 12.6 Å². The number of piperidine rings is 3. The van der Waals surface area contributed by atoms with Gasteiger partial charge in [0.1, 0.15) is 0 Å². The lowest BCUT2D eigenvalue weighted by atomic mass is 9.84. The molecule has 0 aromatic heterocycles. The SMILES string of the molecule is OC(CNC1CN2CCC1CC2)c1ccccc1. The van der Waals surface area contributed by atoms with Gasteiger partial charge in [-0.1, -0.05) is 30.3 Å². The zero-order chi connectivity index (χ0) is 12.4. The molecule has 3 saturated heterocycles. The molecule has 0 saturated carbocycles. The summed E-state index contributed by atoms with van der Waals surface area (Å²) < 4.78 is 0. The fourth-order valence-electron chi connectivity index (χ4n) is 3.25. The number of fused-ring (bicyclic) bond motifs is 3. The highest BCUT2D eigenvalue weighted by Gasteiger charge is 2.33. The smallest absolute Gasteiger partial charge is 0.0914 e. The van der Waals surface area contributed by atoms with Crippen LogP contribution in [0.5, 0.6) is 0 Å². The average Bonchev–Trinajstić information content (AvgIpc) is 2.47. The monoisotopic (exact) mass is 246 g/mol. The number of benzene rings is 1. The molecule has 3 heteroatoms. The minimum absolute atomic E-state index is 0.387. The van der Waals surface area contributed by atoms with E-state index in [4.69, 9.17) is 0 Å². The van der Waals surface area contributed by atoms with Crippen LogP contribution in [-0.4, -0.2) is 42.2 Å². The molecule has 4 rings (SSSR count). The van der Waals surface area contributed by atoms with Crippen molar-refractivity contribution in [3.63, 3.8) is 0 Å². The lowest BCUT2D eigenvalue weighted by Gasteiger charge is -2.45. The molecule has 3 nitrogen and oxygen atoms in total. The maximum absolute atomic E-state index is 10.1. The van der Waals surface area contributed by atoms with Gasteiger partial charge in [0.2, 0.25) is 0 Å². The van der Waals surface area contributed by atoms with Gasteiger partial charge in [0.25, 0.3) is 0 Å². The summed E-state index contributed by atoms with van der Waals surface area (Å²) >= 11 is 0. The maximum atomic E-state index is 10.1. The molecule has 2 N–H and O–H groups in total. The van der Waals surface area contributed by atoms with Crippen LogP contribution in [0.3, 0.4) is 0 Å². The number of rotatable bonds is 4. The summed E-state index contributed by atoms with van der Waals surface area (Å²) in [5.41, 5.74) is 1.01. The number of hydrogen-bond acceptors (Lipinski definition) is 3. The fraction of sp³-hybridized carbons (Fsp3) is 0.600. The third-order valence-electron chi connectivity index (χ3n) is 4.41. The van der Waals surface area contributed by atoms with Crippen molar-refractivity contribution in [1.82, 2.24) is 10.2 Å². The normalized spacial score (nSPS) is 32.4. The Morgan fingerprint density at radius 3 is 2.56 bits per heavy atom. The number of nitrogens with one attached hydrogen (secondary N) is 1. The second-order valence-corrected chi connectivity index (χ2v) is 5.58. The first-order valence-corrected chi connectivity index (χ1v) is 7.01. The van der Waals surface area contributed by atoms with E-state index in [-0.39, 0.29) is 6.10 Å². The van der Waals surface area contributed by atoms with E-state index in [2.05, 4.69) is 10.2 Å². The summed E-state index contributed by atoms with van der Waals surface area (Å²) in [6.45, 7) is 4.36. The summed E-state index contributed by atoms with van der Waals surface area (Å²) in [7, 11) is 0. The minimum atomic E-state index is -0.387. The predicted octanol–water partition coefficient (Wildman–Crippen LogP) is 1.40. The van der Waals surface area contributed by atoms with Crippen molar-refractivity contribution in [1.29, 1.82) is 0 Å². The van der Waals surface area contributed by atoms with Gasteiger partial charge in [0, 0.05) is 19.1 Å². The second-order valence-electron chi connectivity index (χ2n) is 5.58. The Bertz CT molecular complexity index is 373. The van der Waals surface area contributed by atoms with Gasteiger partial charge < -0.3 is 15.3 Å². The first-order chi connectivity index (χ1) is 8.83. The molecule has 2 unspecified atom stereocenters. The highest BCUT2D eigenvalue weighted by atomic mass is 16.3. The average molecular weight is 246 g/mol. The van der Waals surface area contributed by atoms with Crippen molar-refractivity contribution < 1.29 is 5.11 Å². The van der Waals surface area contributed by atoms with Crippen LogP contribution in [0.1, 0.15) is 24.5 Å². The second kappa shape index (κ2) is 5.39. The number of aliphatic hydroxyl groups excluding tert-OH is 1. The van der Waals surface area contributed by atoms with E-state index < -0.39 is 0 Å². The van der Waals surface area contributed by atoms with Gasteiger partial charge in [-0.15, -0.1) is 0 Å². The molecule has 3 aliphatic rings. The molecule has 0 spiro atoms. The Labute approximate surface area is 109 Å². The lowest BCUT2D eigenvalue weighted by molar-refractivity contribution is 0.0635. The number of aliphatic hydroxyl groups is 1. The third kappa shape index (κ3) is 2.58. The van der Waals surface area contributed by atoms with Crippen LogP contribution in [0, 0.1) is 5.92 Å². The molecule has 3 aliphatic heterocycles. The van der Waals surface area contributed by atoms with Gasteiger partial charge in [-0.3, -0.25) is 0 Å². The van der Waals surface area contributed by atoms with Crippen molar-refractivity contribution in [2.24, 2.45) is 5.92 Å². The van der Waals surface area contributed by atoms with Crippen LogP contribution >= 0.6 is 0 Å². The largest absolute Gasteiger partial charge is 0.387 e. The van der Waals surface area contributed by atoms with Crippen LogP contribution < -0.4 is 5.32 Å². The molecule has 2 bridgehead atoms. The van der Waals surface area contributed by atoms with Crippen molar-refractivity contribution >= 4 is 0 Å². The highest BCUT2D eigenvalue weighted by Crippen LogP contribution is 2.27. The van der Waals surface area contributed by atoms with Crippen molar-refractivity contribution in [3.8, 4) is 0 Å². The first kappa shape index (κ1) is 12.2. The fourth-order valence-corrected chi connectivity index (χ4v) is 3.25. The van der Waals surface area contributed by atoms with Gasteiger partial charge in [0.15, 0.2) is 0 Å². The summed E-state index contributed by atoms with van der Waals surface area (Å²) in [5.74, 6) is 0.818. The van der Waals surface area contributed by atoms with Crippen LogP contribution in [0.2, 0.25) is 0 Å². The molecule has 0 amide bonds. The maximum Gasteiger partial charge on any atom is 0.0914 e.